The van der Waals surface area contributed by atoms with E-state index in [4.69, 9.17) is 32.7 Å². The molecule has 4 rings (SSSR count). The number of hydrogen-bond acceptors (Lipinski definition) is 4. The molecule has 0 heterocycles. The molecule has 206 valence electrons. The molecule has 8 heteroatoms. The first-order chi connectivity index (χ1) is 18.9. The Kier molecular flexibility index (Phi) is 10.5. The van der Waals surface area contributed by atoms with Gasteiger partial charge in [0.15, 0.2) is 6.61 Å². The number of nitrogens with one attached hydrogen (secondary N) is 1. The SMILES string of the molecule is COc1ccc(OCC(=O)N(Cc2ccc(Cl)c(Cl)c2)[C@H](Cc2ccccc2)C(=O)NC2CCCCC2)cc1. The zero-order valence-corrected chi connectivity index (χ0v) is 23.6. The van der Waals surface area contributed by atoms with Gasteiger partial charge in [-0.25, -0.2) is 0 Å². The highest BCUT2D eigenvalue weighted by Gasteiger charge is 2.32. The number of halogens is 2. The lowest BCUT2D eigenvalue weighted by Crippen LogP contribution is -2.53. The smallest absolute Gasteiger partial charge is 0.261 e. The summed E-state index contributed by atoms with van der Waals surface area (Å²) in [5, 5.41) is 4.05. The van der Waals surface area contributed by atoms with Gasteiger partial charge in [-0.3, -0.25) is 9.59 Å². The summed E-state index contributed by atoms with van der Waals surface area (Å²) < 4.78 is 11.0. The second kappa shape index (κ2) is 14.2. The van der Waals surface area contributed by atoms with E-state index in [0.29, 0.717) is 28.0 Å². The molecule has 1 aliphatic rings. The Labute approximate surface area is 240 Å². The van der Waals surface area contributed by atoms with E-state index in [9.17, 15) is 9.59 Å². The Morgan fingerprint density at radius 3 is 2.26 bits per heavy atom. The normalized spacial score (nSPS) is 14.3. The molecule has 3 aromatic carbocycles. The van der Waals surface area contributed by atoms with E-state index in [2.05, 4.69) is 5.32 Å². The molecule has 1 fully saturated rings. The van der Waals surface area contributed by atoms with Crippen LogP contribution in [0.5, 0.6) is 11.5 Å². The van der Waals surface area contributed by atoms with Crippen LogP contribution in [0.1, 0.15) is 43.2 Å². The van der Waals surface area contributed by atoms with E-state index in [0.717, 1.165) is 36.8 Å². The zero-order valence-electron chi connectivity index (χ0n) is 22.1. The standard InChI is InChI=1S/C31H34Cl2N2O4/c1-38-25-13-15-26(16-14-25)39-21-30(36)35(20-23-12-17-27(32)28(33)18-23)29(19-22-8-4-2-5-9-22)31(37)34-24-10-6-3-7-11-24/h2,4-5,8-9,12-18,24,29H,3,6-7,10-11,19-21H2,1H3,(H,34,37)/t29-/m1/s1. The molecule has 0 aromatic heterocycles. The van der Waals surface area contributed by atoms with Gasteiger partial charge >= 0.3 is 0 Å². The lowest BCUT2D eigenvalue weighted by Gasteiger charge is -2.33. The molecule has 2 amide bonds. The lowest BCUT2D eigenvalue weighted by molar-refractivity contribution is -0.143. The maximum absolute atomic E-state index is 13.8. The Hall–Kier alpha value is -3.22. The van der Waals surface area contributed by atoms with Crippen molar-refractivity contribution < 1.29 is 19.1 Å². The van der Waals surface area contributed by atoms with E-state index in [1.807, 2.05) is 36.4 Å². The molecule has 1 saturated carbocycles. The Morgan fingerprint density at radius 2 is 1.59 bits per heavy atom. The van der Waals surface area contributed by atoms with Crippen molar-refractivity contribution in [2.45, 2.75) is 57.2 Å². The molecule has 0 spiro atoms. The lowest BCUT2D eigenvalue weighted by atomic mass is 9.94. The predicted molar refractivity (Wildman–Crippen MR) is 154 cm³/mol. The summed E-state index contributed by atoms with van der Waals surface area (Å²) in [6.45, 7) is -0.0487. The molecule has 3 aromatic rings. The summed E-state index contributed by atoms with van der Waals surface area (Å²) in [6.07, 6.45) is 5.64. The quantitative estimate of drug-likeness (QED) is 0.288. The van der Waals surface area contributed by atoms with Gasteiger partial charge in [0.25, 0.3) is 5.91 Å². The van der Waals surface area contributed by atoms with Crippen molar-refractivity contribution in [3.63, 3.8) is 0 Å². The summed E-state index contributed by atoms with van der Waals surface area (Å²) >= 11 is 12.4. The number of carbonyl (C=O) groups excluding carboxylic acids is 2. The number of carbonyl (C=O) groups is 2. The Morgan fingerprint density at radius 1 is 0.897 bits per heavy atom. The van der Waals surface area contributed by atoms with Gasteiger partial charge in [-0.15, -0.1) is 0 Å². The number of benzene rings is 3. The molecule has 1 atom stereocenters. The molecule has 1 N–H and O–H groups in total. The third-order valence-electron chi connectivity index (χ3n) is 6.98. The zero-order chi connectivity index (χ0) is 27.6. The van der Waals surface area contributed by atoms with E-state index in [1.54, 1.807) is 48.4 Å². The molecule has 39 heavy (non-hydrogen) atoms. The van der Waals surface area contributed by atoms with Gasteiger partial charge < -0.3 is 19.7 Å². The van der Waals surface area contributed by atoms with Crippen molar-refractivity contribution in [2.24, 2.45) is 0 Å². The highest BCUT2D eigenvalue weighted by molar-refractivity contribution is 6.42. The van der Waals surface area contributed by atoms with Crippen molar-refractivity contribution >= 4 is 35.0 Å². The van der Waals surface area contributed by atoms with Crippen LogP contribution in [-0.4, -0.2) is 42.5 Å². The van der Waals surface area contributed by atoms with Crippen molar-refractivity contribution in [3.05, 3.63) is 94.0 Å². The summed E-state index contributed by atoms with van der Waals surface area (Å²) in [5.41, 5.74) is 1.73. The molecule has 0 unspecified atom stereocenters. The molecular weight excluding hydrogens is 535 g/mol. The van der Waals surface area contributed by atoms with Crippen LogP contribution >= 0.6 is 23.2 Å². The van der Waals surface area contributed by atoms with Crippen LogP contribution in [0.4, 0.5) is 0 Å². The highest BCUT2D eigenvalue weighted by atomic mass is 35.5. The van der Waals surface area contributed by atoms with Gasteiger partial charge in [0, 0.05) is 19.0 Å². The van der Waals surface area contributed by atoms with Crippen LogP contribution in [0.2, 0.25) is 10.0 Å². The molecule has 0 aliphatic heterocycles. The summed E-state index contributed by atoms with van der Waals surface area (Å²) in [7, 11) is 1.59. The van der Waals surface area contributed by atoms with Gasteiger partial charge in [0.1, 0.15) is 17.5 Å². The van der Waals surface area contributed by atoms with Crippen molar-refractivity contribution in [2.75, 3.05) is 13.7 Å². The number of rotatable bonds is 11. The predicted octanol–water partition coefficient (Wildman–Crippen LogP) is 6.47. The van der Waals surface area contributed by atoms with E-state index in [1.165, 1.54) is 6.42 Å². The second-order valence-corrected chi connectivity index (χ2v) is 10.6. The van der Waals surface area contributed by atoms with Gasteiger partial charge in [-0.2, -0.15) is 0 Å². The first kappa shape index (κ1) is 28.8. The van der Waals surface area contributed by atoms with Gasteiger partial charge in [0.2, 0.25) is 5.91 Å². The maximum atomic E-state index is 13.8. The molecular formula is C31H34Cl2N2O4. The molecule has 1 aliphatic carbocycles. The van der Waals surface area contributed by atoms with Crippen LogP contribution in [0.25, 0.3) is 0 Å². The summed E-state index contributed by atoms with van der Waals surface area (Å²) in [6, 6.07) is 21.4. The average molecular weight is 570 g/mol. The third-order valence-corrected chi connectivity index (χ3v) is 7.72. The van der Waals surface area contributed by atoms with Crippen LogP contribution < -0.4 is 14.8 Å². The average Bonchev–Trinajstić information content (AvgIpc) is 2.96. The minimum absolute atomic E-state index is 0.113. The number of methoxy groups -OCH3 is 1. The fourth-order valence-corrected chi connectivity index (χ4v) is 5.15. The monoisotopic (exact) mass is 568 g/mol. The van der Waals surface area contributed by atoms with Crippen LogP contribution in [0.15, 0.2) is 72.8 Å². The maximum Gasteiger partial charge on any atom is 0.261 e. The first-order valence-corrected chi connectivity index (χ1v) is 14.0. The number of nitrogens with zero attached hydrogens (tertiary/aromatic N) is 1. The number of ether oxygens (including phenoxy) is 2. The van der Waals surface area contributed by atoms with Gasteiger partial charge in [0.05, 0.1) is 17.2 Å². The largest absolute Gasteiger partial charge is 0.497 e. The fourth-order valence-electron chi connectivity index (χ4n) is 4.83. The Balaban J connectivity index is 1.61. The fraction of sp³-hybridized carbons (Fsp3) is 0.355. The van der Waals surface area contributed by atoms with Crippen LogP contribution in [-0.2, 0) is 22.6 Å². The molecule has 0 bridgehead atoms. The first-order valence-electron chi connectivity index (χ1n) is 13.3. The van der Waals surface area contributed by atoms with E-state index in [-0.39, 0.29) is 31.0 Å². The second-order valence-electron chi connectivity index (χ2n) is 9.78. The van der Waals surface area contributed by atoms with Gasteiger partial charge in [-0.1, -0.05) is 78.9 Å². The van der Waals surface area contributed by atoms with E-state index < -0.39 is 6.04 Å². The molecule has 6 nitrogen and oxygen atoms in total. The minimum atomic E-state index is -0.740. The molecule has 0 saturated heterocycles. The molecule has 0 radical (unpaired) electrons. The third kappa shape index (κ3) is 8.38. The number of amides is 2. The van der Waals surface area contributed by atoms with Gasteiger partial charge in [-0.05, 0) is 60.4 Å². The highest BCUT2D eigenvalue weighted by Crippen LogP contribution is 2.25. The van der Waals surface area contributed by atoms with E-state index >= 15 is 0 Å². The van der Waals surface area contributed by atoms with Crippen molar-refractivity contribution in [3.8, 4) is 11.5 Å². The van der Waals surface area contributed by atoms with Crippen molar-refractivity contribution in [1.82, 2.24) is 10.2 Å². The topological polar surface area (TPSA) is 67.9 Å². The van der Waals surface area contributed by atoms with Crippen molar-refractivity contribution in [1.29, 1.82) is 0 Å². The summed E-state index contributed by atoms with van der Waals surface area (Å²) in [5.74, 6) is 0.752. The van der Waals surface area contributed by atoms with Crippen LogP contribution in [0.3, 0.4) is 0 Å². The number of hydrogen-bond donors (Lipinski definition) is 1. The Bertz CT molecular complexity index is 1230. The van der Waals surface area contributed by atoms with Crippen LogP contribution in [0, 0.1) is 0 Å². The summed E-state index contributed by atoms with van der Waals surface area (Å²) in [4.78, 5) is 29.2. The minimum Gasteiger partial charge on any atom is -0.497 e.